The third-order valence-electron chi connectivity index (χ3n) is 6.68. The van der Waals surface area contributed by atoms with Crippen LogP contribution < -0.4 is 5.32 Å². The van der Waals surface area contributed by atoms with Crippen LogP contribution in [0.4, 0.5) is 16.2 Å². The molecule has 1 aromatic carbocycles. The Kier molecular flexibility index (Phi) is 6.74. The van der Waals surface area contributed by atoms with Gasteiger partial charge >= 0.3 is 0 Å². The number of hydrogen-bond acceptors (Lipinski definition) is 6. The number of halogens is 1. The van der Waals surface area contributed by atoms with Crippen LogP contribution in [-0.4, -0.2) is 62.0 Å². The highest BCUT2D eigenvalue weighted by Crippen LogP contribution is 2.28. The molecule has 5 rings (SSSR count). The Bertz CT molecular complexity index is 1290. The maximum atomic E-state index is 14.7. The van der Waals surface area contributed by atoms with Gasteiger partial charge in [-0.3, -0.25) is 4.90 Å². The number of rotatable bonds is 7. The molecule has 8 heteroatoms. The first-order valence-corrected chi connectivity index (χ1v) is 12.3. The van der Waals surface area contributed by atoms with E-state index in [2.05, 4.69) is 67.7 Å². The molecule has 1 saturated heterocycles. The molecule has 4 heterocycles. The number of fused-ring (bicyclic) bond motifs is 1. The highest BCUT2D eigenvalue weighted by Gasteiger charge is 2.16. The van der Waals surface area contributed by atoms with Gasteiger partial charge in [-0.25, -0.2) is 19.3 Å². The predicted octanol–water partition coefficient (Wildman–Crippen LogP) is 5.09. The zero-order chi connectivity index (χ0) is 24.4. The molecule has 0 radical (unpaired) electrons. The van der Waals surface area contributed by atoms with Crippen LogP contribution in [0.2, 0.25) is 0 Å². The lowest BCUT2D eigenvalue weighted by atomic mass is 10.1. The third-order valence-corrected chi connectivity index (χ3v) is 6.68. The molecule has 1 aliphatic heterocycles. The summed E-state index contributed by atoms with van der Waals surface area (Å²) >= 11 is 0. The van der Waals surface area contributed by atoms with E-state index in [0.717, 1.165) is 50.2 Å². The second-order valence-corrected chi connectivity index (χ2v) is 9.37. The fraction of sp³-hybridized carbons (Fsp3) is 0.370. The van der Waals surface area contributed by atoms with Gasteiger partial charge in [-0.1, -0.05) is 19.1 Å². The number of hydrogen-bond donors (Lipinski definition) is 1. The highest BCUT2D eigenvalue weighted by molar-refractivity contribution is 5.85. The normalized spacial score (nSPS) is 15.2. The van der Waals surface area contributed by atoms with Crippen molar-refractivity contribution in [2.24, 2.45) is 0 Å². The van der Waals surface area contributed by atoms with Crippen molar-refractivity contribution in [3.05, 3.63) is 66.4 Å². The predicted molar refractivity (Wildman–Crippen MR) is 138 cm³/mol. The molecule has 182 valence electrons. The monoisotopic (exact) mass is 473 g/mol. The van der Waals surface area contributed by atoms with Crippen molar-refractivity contribution in [3.63, 3.8) is 0 Å². The van der Waals surface area contributed by atoms with Gasteiger partial charge in [0, 0.05) is 67.6 Å². The van der Waals surface area contributed by atoms with Crippen molar-refractivity contribution in [2.75, 3.05) is 38.0 Å². The average Bonchev–Trinajstić information content (AvgIpc) is 3.30. The summed E-state index contributed by atoms with van der Waals surface area (Å²) in [7, 11) is 0. The van der Waals surface area contributed by atoms with Crippen molar-refractivity contribution in [1.29, 1.82) is 0 Å². The highest BCUT2D eigenvalue weighted by atomic mass is 19.1. The number of likely N-dealkylation sites (N-methyl/N-ethyl adjacent to an activating group) is 1. The van der Waals surface area contributed by atoms with Crippen molar-refractivity contribution in [1.82, 2.24) is 29.3 Å². The summed E-state index contributed by atoms with van der Waals surface area (Å²) in [5.74, 6) is 0.494. The molecule has 0 bridgehead atoms. The van der Waals surface area contributed by atoms with Gasteiger partial charge in [0.1, 0.15) is 11.5 Å². The van der Waals surface area contributed by atoms with E-state index in [1.807, 2.05) is 36.5 Å². The Balaban J connectivity index is 1.29. The van der Waals surface area contributed by atoms with Crippen LogP contribution in [-0.2, 0) is 6.54 Å². The third kappa shape index (κ3) is 5.18. The topological polar surface area (TPSA) is 62.1 Å². The van der Waals surface area contributed by atoms with Crippen LogP contribution in [0.5, 0.6) is 0 Å². The molecular formula is C27H32FN7. The van der Waals surface area contributed by atoms with E-state index in [1.54, 1.807) is 0 Å². The van der Waals surface area contributed by atoms with Crippen LogP contribution in [0.15, 0.2) is 55.0 Å². The number of nitrogens with one attached hydrogen (secondary N) is 1. The van der Waals surface area contributed by atoms with E-state index in [0.29, 0.717) is 23.4 Å². The smallest absolute Gasteiger partial charge is 0.229 e. The van der Waals surface area contributed by atoms with Gasteiger partial charge in [0.25, 0.3) is 0 Å². The molecule has 4 aromatic rings. The second kappa shape index (κ2) is 10.1. The summed E-state index contributed by atoms with van der Waals surface area (Å²) in [4.78, 5) is 18.0. The van der Waals surface area contributed by atoms with Gasteiger partial charge in [-0.2, -0.15) is 0 Å². The zero-order valence-corrected chi connectivity index (χ0v) is 20.6. The maximum Gasteiger partial charge on any atom is 0.229 e. The number of anilines is 2. The van der Waals surface area contributed by atoms with E-state index in [4.69, 9.17) is 0 Å². The number of benzene rings is 1. The number of pyridine rings is 1. The largest absolute Gasteiger partial charge is 0.345 e. The molecule has 0 saturated carbocycles. The minimum absolute atomic E-state index is 0.268. The molecule has 35 heavy (non-hydrogen) atoms. The van der Waals surface area contributed by atoms with Gasteiger partial charge in [0.05, 0.1) is 6.20 Å². The van der Waals surface area contributed by atoms with E-state index < -0.39 is 5.82 Å². The summed E-state index contributed by atoms with van der Waals surface area (Å²) < 4.78 is 16.9. The number of nitrogens with zero attached hydrogens (tertiary/aromatic N) is 6. The zero-order valence-electron chi connectivity index (χ0n) is 20.6. The molecule has 0 amide bonds. The van der Waals surface area contributed by atoms with Crippen molar-refractivity contribution in [2.45, 2.75) is 33.4 Å². The van der Waals surface area contributed by atoms with Gasteiger partial charge in [-0.05, 0) is 50.2 Å². The molecule has 0 atom stereocenters. The first-order chi connectivity index (χ1) is 17.0. The van der Waals surface area contributed by atoms with Gasteiger partial charge in [-0.15, -0.1) is 0 Å². The van der Waals surface area contributed by atoms with Gasteiger partial charge in [0.2, 0.25) is 5.95 Å². The molecule has 1 aliphatic rings. The Morgan fingerprint density at radius 1 is 0.971 bits per heavy atom. The van der Waals surface area contributed by atoms with Crippen molar-refractivity contribution >= 4 is 22.7 Å². The summed E-state index contributed by atoms with van der Waals surface area (Å²) in [6.07, 6.45) is 5.15. The molecule has 0 spiro atoms. The molecule has 0 unspecified atom stereocenters. The average molecular weight is 474 g/mol. The Morgan fingerprint density at radius 3 is 2.49 bits per heavy atom. The summed E-state index contributed by atoms with van der Waals surface area (Å²) in [5, 5.41) is 4.17. The van der Waals surface area contributed by atoms with Crippen molar-refractivity contribution in [3.8, 4) is 11.3 Å². The second-order valence-electron chi connectivity index (χ2n) is 9.37. The van der Waals surface area contributed by atoms with Gasteiger partial charge < -0.3 is 14.8 Å². The van der Waals surface area contributed by atoms with Crippen LogP contribution in [0.1, 0.15) is 32.4 Å². The summed E-state index contributed by atoms with van der Waals surface area (Å²) in [5.41, 5.74) is 3.27. The van der Waals surface area contributed by atoms with E-state index in [1.165, 1.54) is 11.8 Å². The first-order valence-electron chi connectivity index (χ1n) is 12.3. The quantitative estimate of drug-likeness (QED) is 0.403. The SMILES string of the molecule is CCN1CCN(Cc2ccc(Nc3ncc(F)c(-c4ccc5c(ccn5C(C)C)c4)n3)nc2)CC1. The van der Waals surface area contributed by atoms with Crippen molar-refractivity contribution < 1.29 is 4.39 Å². The van der Waals surface area contributed by atoms with Crippen LogP contribution in [0.25, 0.3) is 22.2 Å². The molecule has 1 N–H and O–H groups in total. The number of piperazine rings is 1. The lowest BCUT2D eigenvalue weighted by Gasteiger charge is -2.33. The molecule has 7 nitrogen and oxygen atoms in total. The molecular weight excluding hydrogens is 441 g/mol. The summed E-state index contributed by atoms with van der Waals surface area (Å²) in [6, 6.07) is 12.3. The standard InChI is InChI=1S/C27H32FN7/c1-4-33-11-13-34(14-12-33)18-20-5-8-25(29-16-20)31-27-30-17-23(28)26(32-27)22-6-7-24-21(15-22)9-10-35(24)19(2)3/h5-10,15-17,19H,4,11-14,18H2,1-3H3,(H,29,30,31,32). The van der Waals surface area contributed by atoms with Crippen LogP contribution in [0.3, 0.4) is 0 Å². The lowest BCUT2D eigenvalue weighted by molar-refractivity contribution is 0.132. The van der Waals surface area contributed by atoms with E-state index >= 15 is 0 Å². The molecule has 1 fully saturated rings. The molecule has 3 aromatic heterocycles. The first kappa shape index (κ1) is 23.4. The van der Waals surface area contributed by atoms with Crippen LogP contribution in [0, 0.1) is 5.82 Å². The maximum absolute atomic E-state index is 14.7. The fourth-order valence-corrected chi connectivity index (χ4v) is 4.62. The fourth-order valence-electron chi connectivity index (χ4n) is 4.62. The summed E-state index contributed by atoms with van der Waals surface area (Å²) in [6.45, 7) is 12.9. The van der Waals surface area contributed by atoms with E-state index in [-0.39, 0.29) is 5.69 Å². The minimum Gasteiger partial charge on any atom is -0.345 e. The van der Waals surface area contributed by atoms with E-state index in [9.17, 15) is 4.39 Å². The Labute approximate surface area is 205 Å². The Hall–Kier alpha value is -3.36. The number of aromatic nitrogens is 4. The molecule has 0 aliphatic carbocycles. The minimum atomic E-state index is -0.454. The van der Waals surface area contributed by atoms with Gasteiger partial charge in [0.15, 0.2) is 5.82 Å². The lowest BCUT2D eigenvalue weighted by Crippen LogP contribution is -2.45. The van der Waals surface area contributed by atoms with Crippen LogP contribution >= 0.6 is 0 Å². The Morgan fingerprint density at radius 2 is 1.77 bits per heavy atom.